The topological polar surface area (TPSA) is 34.0 Å². The van der Waals surface area contributed by atoms with Crippen molar-refractivity contribution in [3.05, 3.63) is 35.7 Å². The van der Waals surface area contributed by atoms with Crippen LogP contribution >= 0.6 is 0 Å². The average Bonchev–Trinajstić information content (AvgIpc) is 2.82. The number of allylic oxidation sites excluding steroid dienone is 2. The second-order valence-electron chi connectivity index (χ2n) is 5.94. The van der Waals surface area contributed by atoms with Crippen molar-refractivity contribution in [1.82, 2.24) is 9.88 Å². The van der Waals surface area contributed by atoms with Crippen molar-refractivity contribution in [3.63, 3.8) is 0 Å². The van der Waals surface area contributed by atoms with Crippen molar-refractivity contribution in [3.8, 4) is 0 Å². The zero-order chi connectivity index (χ0) is 13.8. The van der Waals surface area contributed by atoms with Crippen LogP contribution in [0, 0.1) is 0 Å². The molecule has 3 rings (SSSR count). The number of aromatic nitrogens is 1. The summed E-state index contributed by atoms with van der Waals surface area (Å²) in [5.74, 6) is 0.260. The van der Waals surface area contributed by atoms with Gasteiger partial charge in [-0.25, -0.2) is 0 Å². The lowest BCUT2D eigenvalue weighted by Gasteiger charge is -2.26. The largest absolute Gasteiger partial charge is 0.342 e. The Hall–Kier alpha value is -1.35. The quantitative estimate of drug-likeness (QED) is 0.855. The highest BCUT2D eigenvalue weighted by atomic mass is 16.1. The molecule has 0 spiro atoms. The summed E-state index contributed by atoms with van der Waals surface area (Å²) in [5, 5.41) is 3.39. The molecule has 1 aliphatic heterocycles. The molecule has 1 aromatic heterocycles. The molecular weight excluding hydrogens is 248 g/mol. The van der Waals surface area contributed by atoms with Crippen molar-refractivity contribution in [1.29, 1.82) is 0 Å². The number of carbonyl (C=O) groups excluding carboxylic acids is 1. The van der Waals surface area contributed by atoms with Gasteiger partial charge in [0.2, 0.25) is 5.78 Å². The number of nitrogens with one attached hydrogen (secondary N) is 1. The van der Waals surface area contributed by atoms with E-state index in [1.54, 1.807) is 0 Å². The number of ketones is 1. The molecule has 108 valence electrons. The van der Waals surface area contributed by atoms with E-state index in [9.17, 15) is 4.79 Å². The third-order valence-corrected chi connectivity index (χ3v) is 4.55. The number of Topliss-reactive ketones (excluding diaryl/α,β-unsaturated/α-hetero) is 1. The molecule has 0 saturated carbocycles. The second-order valence-corrected chi connectivity index (χ2v) is 5.94. The fourth-order valence-corrected chi connectivity index (χ4v) is 3.38. The fourth-order valence-electron chi connectivity index (χ4n) is 3.38. The summed E-state index contributed by atoms with van der Waals surface area (Å²) in [7, 11) is 0. The molecule has 3 heteroatoms. The summed E-state index contributed by atoms with van der Waals surface area (Å²) in [6.07, 6.45) is 12.2. The molecule has 0 aromatic carbocycles. The van der Waals surface area contributed by atoms with Crippen LogP contribution in [0.15, 0.2) is 30.0 Å². The zero-order valence-electron chi connectivity index (χ0n) is 12.1. The first-order valence-electron chi connectivity index (χ1n) is 7.97. The van der Waals surface area contributed by atoms with Gasteiger partial charge in [0.15, 0.2) is 0 Å². The molecule has 2 aliphatic rings. The van der Waals surface area contributed by atoms with Crippen LogP contribution in [-0.2, 0) is 0 Å². The van der Waals surface area contributed by atoms with Crippen LogP contribution in [0.5, 0.6) is 0 Å². The first-order chi connectivity index (χ1) is 9.86. The highest BCUT2D eigenvalue weighted by Crippen LogP contribution is 2.25. The molecule has 1 N–H and O–H groups in total. The maximum atomic E-state index is 12.8. The van der Waals surface area contributed by atoms with Crippen LogP contribution in [0.1, 0.15) is 61.5 Å². The number of carbonyl (C=O) groups is 1. The predicted molar refractivity (Wildman–Crippen MR) is 81.1 cm³/mol. The van der Waals surface area contributed by atoms with E-state index in [4.69, 9.17) is 0 Å². The van der Waals surface area contributed by atoms with Crippen molar-refractivity contribution < 1.29 is 4.79 Å². The van der Waals surface area contributed by atoms with Gasteiger partial charge < -0.3 is 9.88 Å². The Kier molecular flexibility index (Phi) is 4.36. The number of hydrogen-bond acceptors (Lipinski definition) is 2. The molecule has 0 amide bonds. The zero-order valence-corrected chi connectivity index (χ0v) is 12.1. The Morgan fingerprint density at radius 3 is 2.90 bits per heavy atom. The molecule has 20 heavy (non-hydrogen) atoms. The van der Waals surface area contributed by atoms with Gasteiger partial charge in [0.25, 0.3) is 0 Å². The molecule has 1 aromatic rings. The fraction of sp³-hybridized carbons (Fsp3) is 0.588. The van der Waals surface area contributed by atoms with E-state index in [1.807, 2.05) is 12.1 Å². The highest BCUT2D eigenvalue weighted by Gasteiger charge is 2.22. The number of hydrogen-bond donors (Lipinski definition) is 1. The van der Waals surface area contributed by atoms with Gasteiger partial charge >= 0.3 is 0 Å². The van der Waals surface area contributed by atoms with Gasteiger partial charge in [-0.15, -0.1) is 0 Å². The Labute approximate surface area is 121 Å². The average molecular weight is 272 g/mol. The lowest BCUT2D eigenvalue weighted by Crippen LogP contribution is -2.30. The minimum absolute atomic E-state index is 0.260. The van der Waals surface area contributed by atoms with Crippen molar-refractivity contribution in [2.75, 3.05) is 13.1 Å². The highest BCUT2D eigenvalue weighted by molar-refractivity contribution is 6.07. The second kappa shape index (κ2) is 6.40. The van der Waals surface area contributed by atoms with E-state index < -0.39 is 0 Å². The van der Waals surface area contributed by atoms with Gasteiger partial charge in [0.05, 0.1) is 5.69 Å². The lowest BCUT2D eigenvalue weighted by molar-refractivity contribution is 0.101. The van der Waals surface area contributed by atoms with Crippen LogP contribution in [0.25, 0.3) is 0 Å². The van der Waals surface area contributed by atoms with E-state index in [0.29, 0.717) is 6.04 Å². The summed E-state index contributed by atoms with van der Waals surface area (Å²) in [6.45, 7) is 2.11. The molecule has 2 heterocycles. The minimum atomic E-state index is 0.260. The van der Waals surface area contributed by atoms with Crippen LogP contribution < -0.4 is 5.32 Å². The molecule has 1 saturated heterocycles. The van der Waals surface area contributed by atoms with Gasteiger partial charge in [0.1, 0.15) is 0 Å². The monoisotopic (exact) mass is 272 g/mol. The van der Waals surface area contributed by atoms with E-state index in [2.05, 4.69) is 22.2 Å². The van der Waals surface area contributed by atoms with E-state index in [-0.39, 0.29) is 5.78 Å². The summed E-state index contributed by atoms with van der Waals surface area (Å²) in [4.78, 5) is 12.8. The van der Waals surface area contributed by atoms with Crippen molar-refractivity contribution >= 4 is 5.78 Å². The van der Waals surface area contributed by atoms with Gasteiger partial charge in [-0.05, 0) is 69.3 Å². The van der Waals surface area contributed by atoms with Crippen LogP contribution in [-0.4, -0.2) is 23.4 Å². The maximum Gasteiger partial charge on any atom is 0.205 e. The predicted octanol–water partition coefficient (Wildman–Crippen LogP) is 3.49. The van der Waals surface area contributed by atoms with Crippen LogP contribution in [0.3, 0.4) is 0 Å². The van der Waals surface area contributed by atoms with Crippen LogP contribution in [0.4, 0.5) is 0 Å². The molecule has 0 atom stereocenters. The van der Waals surface area contributed by atoms with Gasteiger partial charge in [0, 0.05) is 12.2 Å². The summed E-state index contributed by atoms with van der Waals surface area (Å²) in [6, 6.07) is 4.50. The standard InChI is InChI=1S/C17H24N2O/c20-17(14-6-3-1-2-4-7-14)16-8-5-13-19(16)15-9-11-18-12-10-15/h5-6,8,13,15,18H,1-4,7,9-12H2. The van der Waals surface area contributed by atoms with Gasteiger partial charge in [-0.1, -0.05) is 12.5 Å². The molecule has 0 unspecified atom stereocenters. The smallest absolute Gasteiger partial charge is 0.205 e. The van der Waals surface area contributed by atoms with Crippen molar-refractivity contribution in [2.24, 2.45) is 0 Å². The Morgan fingerprint density at radius 1 is 1.20 bits per heavy atom. The molecule has 1 fully saturated rings. The number of nitrogens with zero attached hydrogens (tertiary/aromatic N) is 1. The Balaban J connectivity index is 1.81. The SMILES string of the molecule is O=C(C1=CCCCCC1)c1cccn1C1CCNCC1. The first-order valence-corrected chi connectivity index (χ1v) is 7.97. The number of rotatable bonds is 3. The molecule has 3 nitrogen and oxygen atoms in total. The summed E-state index contributed by atoms with van der Waals surface area (Å²) in [5.41, 5.74) is 1.93. The van der Waals surface area contributed by atoms with Crippen molar-refractivity contribution in [2.45, 2.75) is 51.0 Å². The van der Waals surface area contributed by atoms with Crippen LogP contribution in [0.2, 0.25) is 0 Å². The lowest BCUT2D eigenvalue weighted by atomic mass is 10.0. The molecule has 0 bridgehead atoms. The maximum absolute atomic E-state index is 12.8. The third kappa shape index (κ3) is 2.88. The Bertz CT molecular complexity index is 495. The normalized spacial score (nSPS) is 21.3. The van der Waals surface area contributed by atoms with E-state index in [0.717, 1.165) is 56.5 Å². The minimum Gasteiger partial charge on any atom is -0.342 e. The summed E-state index contributed by atoms with van der Waals surface area (Å²) < 4.78 is 2.22. The molecule has 0 radical (unpaired) electrons. The van der Waals surface area contributed by atoms with E-state index in [1.165, 1.54) is 12.8 Å². The molecular formula is C17H24N2O. The Morgan fingerprint density at radius 2 is 2.05 bits per heavy atom. The van der Waals surface area contributed by atoms with Gasteiger partial charge in [-0.3, -0.25) is 4.79 Å². The van der Waals surface area contributed by atoms with E-state index >= 15 is 0 Å². The third-order valence-electron chi connectivity index (χ3n) is 4.55. The van der Waals surface area contributed by atoms with Gasteiger partial charge in [-0.2, -0.15) is 0 Å². The molecule has 1 aliphatic carbocycles. The summed E-state index contributed by atoms with van der Waals surface area (Å²) >= 11 is 0. The number of piperidine rings is 1. The first kappa shape index (κ1) is 13.6.